The number of nitrogens with zero attached hydrogens (tertiary/aromatic N) is 5. The molecule has 0 saturated carbocycles. The molecule has 1 aromatic heterocycles. The number of morpholine rings is 1. The minimum absolute atomic E-state index is 0.0242. The average molecular weight is 480 g/mol. The molecule has 0 radical (unpaired) electrons. The van der Waals surface area contributed by atoms with E-state index in [-0.39, 0.29) is 16.4 Å². The third kappa shape index (κ3) is 4.80. The zero-order valence-corrected chi connectivity index (χ0v) is 18.8. The summed E-state index contributed by atoms with van der Waals surface area (Å²) in [4.78, 5) is 0.377. The topological polar surface area (TPSA) is 134 Å². The Kier molecular flexibility index (Phi) is 6.24. The number of tetrazole rings is 1. The van der Waals surface area contributed by atoms with E-state index < -0.39 is 19.9 Å². The number of hydrogen-bond acceptors (Lipinski definition) is 9. The van der Waals surface area contributed by atoms with Crippen molar-refractivity contribution in [3.05, 3.63) is 54.4 Å². The van der Waals surface area contributed by atoms with E-state index >= 15 is 0 Å². The van der Waals surface area contributed by atoms with Crippen LogP contribution in [0.3, 0.4) is 0 Å². The van der Waals surface area contributed by atoms with E-state index in [2.05, 4.69) is 15.5 Å². The van der Waals surface area contributed by atoms with Gasteiger partial charge in [-0.2, -0.15) is 8.99 Å². The van der Waals surface area contributed by atoms with Crippen LogP contribution in [0.1, 0.15) is 5.82 Å². The van der Waals surface area contributed by atoms with E-state index in [9.17, 15) is 16.8 Å². The molecular weight excluding hydrogens is 458 g/mol. The molecule has 0 N–H and O–H groups in total. The molecule has 0 atom stereocenters. The third-order valence-electron chi connectivity index (χ3n) is 4.84. The van der Waals surface area contributed by atoms with Gasteiger partial charge in [-0.1, -0.05) is 0 Å². The SMILES string of the molecule is CS(=O)(=O)c1ccc(-n2nnnc2COc2ccc(S(=O)(=O)N3CCOCC3)cc2)cc1. The summed E-state index contributed by atoms with van der Waals surface area (Å²) >= 11 is 0. The number of aromatic nitrogens is 4. The van der Waals surface area contributed by atoms with Crippen LogP contribution in [0.4, 0.5) is 0 Å². The largest absolute Gasteiger partial charge is 0.486 e. The lowest BCUT2D eigenvalue weighted by atomic mass is 10.3. The molecule has 170 valence electrons. The van der Waals surface area contributed by atoms with E-state index in [4.69, 9.17) is 9.47 Å². The van der Waals surface area contributed by atoms with Gasteiger partial charge in [0.2, 0.25) is 10.0 Å². The fraction of sp³-hybridized carbons (Fsp3) is 0.316. The van der Waals surface area contributed by atoms with Crippen LogP contribution in [-0.2, 0) is 31.2 Å². The van der Waals surface area contributed by atoms with Gasteiger partial charge in [0.15, 0.2) is 15.7 Å². The Balaban J connectivity index is 1.44. The summed E-state index contributed by atoms with van der Waals surface area (Å²) in [6.45, 7) is 1.44. The third-order valence-corrected chi connectivity index (χ3v) is 7.88. The van der Waals surface area contributed by atoms with Crippen molar-refractivity contribution in [2.24, 2.45) is 0 Å². The number of sulfone groups is 1. The first kappa shape index (κ1) is 22.3. The molecule has 1 aliphatic rings. The number of benzene rings is 2. The van der Waals surface area contributed by atoms with Crippen LogP contribution in [0, 0.1) is 0 Å². The van der Waals surface area contributed by atoms with Gasteiger partial charge in [0, 0.05) is 19.3 Å². The molecule has 0 aliphatic carbocycles. The van der Waals surface area contributed by atoms with Crippen molar-refractivity contribution >= 4 is 19.9 Å². The van der Waals surface area contributed by atoms with E-state index in [1.54, 1.807) is 24.3 Å². The fourth-order valence-corrected chi connectivity index (χ4v) is 5.16. The predicted octanol–water partition coefficient (Wildman–Crippen LogP) is 0.666. The highest BCUT2D eigenvalue weighted by Gasteiger charge is 2.26. The van der Waals surface area contributed by atoms with Crippen molar-refractivity contribution in [3.63, 3.8) is 0 Å². The van der Waals surface area contributed by atoms with Crippen molar-refractivity contribution < 1.29 is 26.3 Å². The van der Waals surface area contributed by atoms with Crippen molar-refractivity contribution in [1.29, 1.82) is 0 Å². The lowest BCUT2D eigenvalue weighted by Gasteiger charge is -2.26. The van der Waals surface area contributed by atoms with Crippen molar-refractivity contribution in [2.75, 3.05) is 32.6 Å². The maximum absolute atomic E-state index is 12.7. The van der Waals surface area contributed by atoms with Crippen LogP contribution in [-0.4, -0.2) is 73.9 Å². The fourth-order valence-electron chi connectivity index (χ4n) is 3.12. The van der Waals surface area contributed by atoms with E-state index in [1.165, 1.54) is 33.3 Å². The molecule has 2 aromatic carbocycles. The second-order valence-corrected chi connectivity index (χ2v) is 11.0. The molecule has 1 saturated heterocycles. The van der Waals surface area contributed by atoms with Crippen LogP contribution in [0.5, 0.6) is 5.75 Å². The van der Waals surface area contributed by atoms with Crippen LogP contribution in [0.15, 0.2) is 58.3 Å². The molecule has 3 aromatic rings. The monoisotopic (exact) mass is 479 g/mol. The van der Waals surface area contributed by atoms with Crippen molar-refractivity contribution in [1.82, 2.24) is 24.5 Å². The van der Waals surface area contributed by atoms with Crippen LogP contribution < -0.4 is 4.74 Å². The van der Waals surface area contributed by atoms with Gasteiger partial charge in [-0.15, -0.1) is 5.10 Å². The van der Waals surface area contributed by atoms with E-state index in [1.807, 2.05) is 0 Å². The molecule has 32 heavy (non-hydrogen) atoms. The summed E-state index contributed by atoms with van der Waals surface area (Å²) in [5.41, 5.74) is 0.577. The van der Waals surface area contributed by atoms with E-state index in [0.29, 0.717) is 43.6 Å². The minimum Gasteiger partial charge on any atom is -0.486 e. The first-order valence-electron chi connectivity index (χ1n) is 9.64. The zero-order chi connectivity index (χ0) is 22.8. The van der Waals surface area contributed by atoms with Crippen LogP contribution in [0.25, 0.3) is 5.69 Å². The van der Waals surface area contributed by atoms with Crippen molar-refractivity contribution in [3.8, 4) is 11.4 Å². The first-order valence-corrected chi connectivity index (χ1v) is 13.0. The summed E-state index contributed by atoms with van der Waals surface area (Å²) < 4.78 is 62.4. The Morgan fingerprint density at radius 2 is 1.56 bits per heavy atom. The highest BCUT2D eigenvalue weighted by Crippen LogP contribution is 2.21. The summed E-state index contributed by atoms with van der Waals surface area (Å²) in [6.07, 6.45) is 1.13. The van der Waals surface area contributed by atoms with Gasteiger partial charge >= 0.3 is 0 Å². The summed E-state index contributed by atoms with van der Waals surface area (Å²) in [7, 11) is -6.88. The highest BCUT2D eigenvalue weighted by atomic mass is 32.2. The predicted molar refractivity (Wildman–Crippen MR) is 113 cm³/mol. The second-order valence-electron chi connectivity index (χ2n) is 7.05. The van der Waals surface area contributed by atoms with Gasteiger partial charge in [0.1, 0.15) is 12.4 Å². The molecule has 1 fully saturated rings. The van der Waals surface area contributed by atoms with Gasteiger partial charge in [-0.25, -0.2) is 16.8 Å². The van der Waals surface area contributed by atoms with Gasteiger partial charge < -0.3 is 9.47 Å². The van der Waals surface area contributed by atoms with Crippen LogP contribution in [0.2, 0.25) is 0 Å². The smallest absolute Gasteiger partial charge is 0.243 e. The molecule has 0 spiro atoms. The zero-order valence-electron chi connectivity index (χ0n) is 17.2. The van der Waals surface area contributed by atoms with Crippen LogP contribution >= 0.6 is 0 Å². The second kappa shape index (κ2) is 8.94. The molecule has 0 bridgehead atoms. The maximum Gasteiger partial charge on any atom is 0.243 e. The minimum atomic E-state index is -3.58. The molecule has 4 rings (SSSR count). The maximum atomic E-state index is 12.7. The van der Waals surface area contributed by atoms with Gasteiger partial charge in [0.05, 0.1) is 28.7 Å². The molecule has 13 heteroatoms. The van der Waals surface area contributed by atoms with Crippen molar-refractivity contribution in [2.45, 2.75) is 16.4 Å². The Bertz CT molecular complexity index is 1280. The molecule has 0 unspecified atom stereocenters. The quantitative estimate of drug-likeness (QED) is 0.479. The number of hydrogen-bond donors (Lipinski definition) is 0. The number of ether oxygens (including phenoxy) is 2. The Labute approximate surface area is 185 Å². The molecular formula is C19H21N5O6S2. The lowest BCUT2D eigenvalue weighted by Crippen LogP contribution is -2.40. The Morgan fingerprint density at radius 3 is 2.19 bits per heavy atom. The Hall–Kier alpha value is -2.87. The summed E-state index contributed by atoms with van der Waals surface area (Å²) in [5, 5.41) is 11.5. The molecule has 1 aliphatic heterocycles. The van der Waals surface area contributed by atoms with Gasteiger partial charge in [0.25, 0.3) is 0 Å². The summed E-state index contributed by atoms with van der Waals surface area (Å²) in [5.74, 6) is 0.843. The number of sulfonamides is 1. The molecule has 11 nitrogen and oxygen atoms in total. The molecule has 0 amide bonds. The normalized spacial score (nSPS) is 15.5. The van der Waals surface area contributed by atoms with Gasteiger partial charge in [-0.3, -0.25) is 0 Å². The Morgan fingerprint density at radius 1 is 0.938 bits per heavy atom. The molecule has 2 heterocycles. The average Bonchev–Trinajstić information content (AvgIpc) is 3.27. The lowest BCUT2D eigenvalue weighted by molar-refractivity contribution is 0.0730. The first-order chi connectivity index (χ1) is 15.2. The van der Waals surface area contributed by atoms with E-state index in [0.717, 1.165) is 6.26 Å². The standard InChI is InChI=1S/C19H21N5O6S2/c1-31(25,26)17-6-2-15(3-7-17)24-19(20-21-22-24)14-30-16-4-8-18(9-5-16)32(27,28)23-10-12-29-13-11-23/h2-9H,10-14H2,1H3. The summed E-state index contributed by atoms with van der Waals surface area (Å²) in [6, 6.07) is 12.3. The van der Waals surface area contributed by atoms with Gasteiger partial charge in [-0.05, 0) is 59.0 Å². The number of rotatable bonds is 7. The highest BCUT2D eigenvalue weighted by molar-refractivity contribution is 7.90.